The van der Waals surface area contributed by atoms with Gasteiger partial charge in [-0.05, 0) is 41.5 Å². The summed E-state index contributed by atoms with van der Waals surface area (Å²) >= 11 is 5.94. The maximum Gasteiger partial charge on any atom is 0.226 e. The van der Waals surface area contributed by atoms with E-state index in [2.05, 4.69) is 20.4 Å². The second-order valence-electron chi connectivity index (χ2n) is 7.34. The summed E-state index contributed by atoms with van der Waals surface area (Å²) in [5, 5.41) is 7.93. The number of para-hydroxylation sites is 1. The normalized spacial score (nSPS) is 19.0. The SMILES string of the molecule is Fc1cc([C@@H]2Oc3ccccc3C3=C2[C@@H](c2cccnc2)n2ncnc2N3)ccc1Cl. The minimum atomic E-state index is -0.563. The molecule has 0 bridgehead atoms. The predicted molar refractivity (Wildman–Crippen MR) is 114 cm³/mol. The van der Waals surface area contributed by atoms with Crippen molar-refractivity contribution in [2.24, 2.45) is 0 Å². The molecule has 0 saturated heterocycles. The van der Waals surface area contributed by atoms with Crippen LogP contribution < -0.4 is 10.1 Å². The van der Waals surface area contributed by atoms with Crippen LogP contribution in [0.3, 0.4) is 0 Å². The van der Waals surface area contributed by atoms with Gasteiger partial charge in [0, 0.05) is 23.5 Å². The Kier molecular flexibility index (Phi) is 4.04. The van der Waals surface area contributed by atoms with Gasteiger partial charge >= 0.3 is 0 Å². The van der Waals surface area contributed by atoms with Gasteiger partial charge < -0.3 is 10.1 Å². The number of hydrogen-bond acceptors (Lipinski definition) is 5. The first kappa shape index (κ1) is 18.1. The van der Waals surface area contributed by atoms with Crippen LogP contribution in [-0.2, 0) is 0 Å². The van der Waals surface area contributed by atoms with Crippen molar-refractivity contribution in [3.05, 3.63) is 106 Å². The third-order valence-electron chi connectivity index (χ3n) is 5.57. The number of rotatable bonds is 2. The number of pyridine rings is 1. The van der Waals surface area contributed by atoms with Crippen LogP contribution in [-0.4, -0.2) is 19.7 Å². The van der Waals surface area contributed by atoms with Gasteiger partial charge in [-0.1, -0.05) is 35.9 Å². The van der Waals surface area contributed by atoms with E-state index in [4.69, 9.17) is 16.3 Å². The van der Waals surface area contributed by atoms with E-state index >= 15 is 0 Å². The Labute approximate surface area is 182 Å². The molecule has 6 nitrogen and oxygen atoms in total. The molecule has 4 heterocycles. The second kappa shape index (κ2) is 6.92. The van der Waals surface area contributed by atoms with Crippen LogP contribution in [0.15, 0.2) is 78.9 Å². The maximum absolute atomic E-state index is 14.4. The number of anilines is 1. The van der Waals surface area contributed by atoms with Crippen molar-refractivity contribution < 1.29 is 9.13 Å². The fraction of sp³-hybridized carbons (Fsp3) is 0.0870. The highest BCUT2D eigenvalue weighted by molar-refractivity contribution is 6.30. The molecule has 0 spiro atoms. The van der Waals surface area contributed by atoms with E-state index in [1.165, 1.54) is 12.4 Å². The van der Waals surface area contributed by atoms with Gasteiger partial charge in [-0.3, -0.25) is 4.98 Å². The lowest BCUT2D eigenvalue weighted by atomic mass is 9.85. The fourth-order valence-electron chi connectivity index (χ4n) is 4.23. The molecule has 0 amide bonds. The average Bonchev–Trinajstić information content (AvgIpc) is 3.28. The average molecular weight is 432 g/mol. The lowest BCUT2D eigenvalue weighted by Crippen LogP contribution is -2.32. The van der Waals surface area contributed by atoms with Crippen molar-refractivity contribution in [3.8, 4) is 5.75 Å². The van der Waals surface area contributed by atoms with Gasteiger partial charge in [-0.2, -0.15) is 10.1 Å². The first-order valence-corrected chi connectivity index (χ1v) is 10.1. The van der Waals surface area contributed by atoms with Gasteiger partial charge in [0.2, 0.25) is 5.95 Å². The van der Waals surface area contributed by atoms with Gasteiger partial charge in [0.25, 0.3) is 0 Å². The van der Waals surface area contributed by atoms with Crippen LogP contribution in [0.4, 0.5) is 10.3 Å². The van der Waals surface area contributed by atoms with Crippen LogP contribution in [0.5, 0.6) is 5.75 Å². The number of aromatic nitrogens is 4. The first-order valence-electron chi connectivity index (χ1n) is 9.72. The van der Waals surface area contributed by atoms with E-state index in [9.17, 15) is 4.39 Å². The van der Waals surface area contributed by atoms with Crippen LogP contribution in [0.25, 0.3) is 5.70 Å². The highest BCUT2D eigenvalue weighted by Gasteiger charge is 2.41. The molecule has 4 aromatic rings. The van der Waals surface area contributed by atoms with E-state index < -0.39 is 11.9 Å². The van der Waals surface area contributed by atoms with Gasteiger partial charge in [-0.25, -0.2) is 9.07 Å². The highest BCUT2D eigenvalue weighted by atomic mass is 35.5. The lowest BCUT2D eigenvalue weighted by molar-refractivity contribution is 0.222. The molecule has 2 aromatic heterocycles. The van der Waals surface area contributed by atoms with E-state index in [0.717, 1.165) is 22.4 Å². The molecular formula is C23H15ClFN5O. The zero-order valence-electron chi connectivity index (χ0n) is 16.0. The van der Waals surface area contributed by atoms with Gasteiger partial charge in [0.05, 0.1) is 10.7 Å². The molecule has 152 valence electrons. The van der Waals surface area contributed by atoms with Crippen molar-refractivity contribution in [2.45, 2.75) is 12.1 Å². The number of fused-ring (bicyclic) bond motifs is 3. The molecule has 2 atom stereocenters. The fourth-order valence-corrected chi connectivity index (χ4v) is 4.34. The summed E-state index contributed by atoms with van der Waals surface area (Å²) in [6.45, 7) is 0. The molecule has 0 aliphatic carbocycles. The van der Waals surface area contributed by atoms with E-state index in [-0.39, 0.29) is 11.1 Å². The number of benzene rings is 2. The van der Waals surface area contributed by atoms with Crippen LogP contribution in [0, 0.1) is 5.82 Å². The lowest BCUT2D eigenvalue weighted by Gasteiger charge is -2.38. The van der Waals surface area contributed by atoms with Crippen LogP contribution >= 0.6 is 11.6 Å². The molecule has 8 heteroatoms. The topological polar surface area (TPSA) is 64.9 Å². The van der Waals surface area contributed by atoms with E-state index in [1.807, 2.05) is 36.4 Å². The summed E-state index contributed by atoms with van der Waals surface area (Å²) in [6, 6.07) is 16.0. The zero-order chi connectivity index (χ0) is 20.9. The third-order valence-corrected chi connectivity index (χ3v) is 5.87. The minimum Gasteiger partial charge on any atom is -0.480 e. The van der Waals surface area contributed by atoms with Gasteiger partial charge in [0.15, 0.2) is 0 Å². The number of nitrogens with one attached hydrogen (secondary N) is 1. The van der Waals surface area contributed by atoms with Crippen molar-refractivity contribution in [1.82, 2.24) is 19.7 Å². The Balaban J connectivity index is 1.63. The molecule has 0 radical (unpaired) electrons. The summed E-state index contributed by atoms with van der Waals surface area (Å²) < 4.78 is 22.6. The summed E-state index contributed by atoms with van der Waals surface area (Å²) in [7, 11) is 0. The summed E-state index contributed by atoms with van der Waals surface area (Å²) in [4.78, 5) is 8.69. The molecule has 0 fully saturated rings. The zero-order valence-corrected chi connectivity index (χ0v) is 16.8. The van der Waals surface area contributed by atoms with Crippen molar-refractivity contribution in [2.75, 3.05) is 5.32 Å². The largest absolute Gasteiger partial charge is 0.480 e. The number of nitrogens with zero attached hydrogens (tertiary/aromatic N) is 4. The number of halogens is 2. The second-order valence-corrected chi connectivity index (χ2v) is 7.75. The Hall–Kier alpha value is -3.71. The molecular weight excluding hydrogens is 417 g/mol. The van der Waals surface area contributed by atoms with Crippen LogP contribution in [0.1, 0.15) is 28.8 Å². The highest BCUT2D eigenvalue weighted by Crippen LogP contribution is 2.50. The molecule has 31 heavy (non-hydrogen) atoms. The third kappa shape index (κ3) is 2.81. The molecule has 2 aliphatic heterocycles. The number of hydrogen-bond donors (Lipinski definition) is 1. The number of ether oxygens (including phenoxy) is 1. The Bertz CT molecular complexity index is 1340. The standard InChI is InChI=1S/C23H15ClFN5O/c24-16-8-7-13(10-17(16)25)22-19-20(15-5-1-2-6-18(15)31-22)29-23-27-12-28-30(23)21(19)14-4-3-9-26-11-14/h1-12,21-22H,(H,27,28,29)/t21-,22+/m1/s1. The molecule has 6 rings (SSSR count). The van der Waals surface area contributed by atoms with E-state index in [1.54, 1.807) is 29.2 Å². The Morgan fingerprint density at radius 2 is 1.97 bits per heavy atom. The summed E-state index contributed by atoms with van der Waals surface area (Å²) in [6.07, 6.45) is 4.47. The van der Waals surface area contributed by atoms with E-state index in [0.29, 0.717) is 17.3 Å². The minimum absolute atomic E-state index is 0.0679. The Morgan fingerprint density at radius 3 is 2.81 bits per heavy atom. The molecule has 2 aromatic carbocycles. The predicted octanol–water partition coefficient (Wildman–Crippen LogP) is 5.03. The maximum atomic E-state index is 14.4. The van der Waals surface area contributed by atoms with Crippen molar-refractivity contribution in [1.29, 1.82) is 0 Å². The molecule has 1 N–H and O–H groups in total. The van der Waals surface area contributed by atoms with Gasteiger partial charge in [-0.15, -0.1) is 0 Å². The Morgan fingerprint density at radius 1 is 1.06 bits per heavy atom. The smallest absolute Gasteiger partial charge is 0.226 e. The molecule has 0 saturated carbocycles. The van der Waals surface area contributed by atoms with Crippen molar-refractivity contribution in [3.63, 3.8) is 0 Å². The van der Waals surface area contributed by atoms with Gasteiger partial charge in [0.1, 0.15) is 30.0 Å². The first-order chi connectivity index (χ1) is 15.2. The monoisotopic (exact) mass is 431 g/mol. The quantitative estimate of drug-likeness (QED) is 0.482. The molecule has 2 aliphatic rings. The molecule has 0 unspecified atom stereocenters. The van der Waals surface area contributed by atoms with Crippen molar-refractivity contribution >= 4 is 23.2 Å². The summed E-state index contributed by atoms with van der Waals surface area (Å²) in [5.41, 5.74) is 4.25. The summed E-state index contributed by atoms with van der Waals surface area (Å²) in [5.74, 6) is 0.823. The van der Waals surface area contributed by atoms with Crippen LogP contribution in [0.2, 0.25) is 5.02 Å².